The Morgan fingerprint density at radius 2 is 1.56 bits per heavy atom. The Bertz CT molecular complexity index is 2880. The molecule has 3 aromatic carbocycles. The molecule has 61 heavy (non-hydrogen) atoms. The van der Waals surface area contributed by atoms with Crippen molar-refractivity contribution in [3.8, 4) is 34.2 Å². The van der Waals surface area contributed by atoms with E-state index in [2.05, 4.69) is 131 Å². The SMILES string of the molecule is C1=CC(c2nc(-c3ccccc3)nc(-c3cc(C4CCC=C(C5C=CCCC5)C4)[nH]c3C3=C4Oc5cc6c(cc5C4CCC3)c3c(n6-c4ccccc4)C=CCC3)n2)=CCC1. The number of aryl methyl sites for hydroxylation is 1. The Morgan fingerprint density at radius 3 is 2.41 bits per heavy atom. The maximum atomic E-state index is 7.20. The molecule has 4 heterocycles. The van der Waals surface area contributed by atoms with Gasteiger partial charge < -0.3 is 14.3 Å². The van der Waals surface area contributed by atoms with Crippen LogP contribution >= 0.6 is 0 Å². The second-order valence-corrected chi connectivity index (χ2v) is 17.8. The van der Waals surface area contributed by atoms with Gasteiger partial charge in [-0.15, -0.1) is 0 Å². The van der Waals surface area contributed by atoms with Crippen molar-refractivity contribution >= 4 is 28.1 Å². The number of para-hydroxylation sites is 1. The van der Waals surface area contributed by atoms with Crippen LogP contribution in [0.3, 0.4) is 0 Å². The van der Waals surface area contributed by atoms with Gasteiger partial charge in [-0.3, -0.25) is 0 Å². The van der Waals surface area contributed by atoms with E-state index in [9.17, 15) is 0 Å². The molecular weight excluding hydrogens is 747 g/mol. The largest absolute Gasteiger partial charge is 0.460 e. The van der Waals surface area contributed by atoms with Crippen LogP contribution in [0.15, 0.2) is 133 Å². The molecular formula is C55H51N5O. The lowest BCUT2D eigenvalue weighted by molar-refractivity contribution is 0.409. The summed E-state index contributed by atoms with van der Waals surface area (Å²) in [4.78, 5) is 19.9. The van der Waals surface area contributed by atoms with Crippen LogP contribution in [-0.2, 0) is 6.42 Å². The number of allylic oxidation sites excluding steroid dienone is 11. The van der Waals surface area contributed by atoms with Gasteiger partial charge in [-0.25, -0.2) is 15.0 Å². The number of ether oxygens (including phenoxy) is 1. The van der Waals surface area contributed by atoms with E-state index in [4.69, 9.17) is 19.7 Å². The fraction of sp³-hybridized carbons (Fsp3) is 0.291. The maximum absolute atomic E-state index is 7.20. The summed E-state index contributed by atoms with van der Waals surface area (Å²) in [7, 11) is 0. The number of hydrogen-bond acceptors (Lipinski definition) is 4. The second kappa shape index (κ2) is 15.3. The van der Waals surface area contributed by atoms with Crippen LogP contribution in [0.1, 0.15) is 123 Å². The van der Waals surface area contributed by atoms with E-state index in [1.807, 2.05) is 6.07 Å². The minimum Gasteiger partial charge on any atom is -0.460 e. The first kappa shape index (κ1) is 36.6. The number of hydrogen-bond donors (Lipinski definition) is 1. The molecule has 0 bridgehead atoms. The molecule has 0 amide bonds. The number of aromatic amines is 1. The van der Waals surface area contributed by atoms with Crippen LogP contribution in [0.5, 0.6) is 5.75 Å². The normalized spacial score (nSPS) is 21.8. The first-order chi connectivity index (χ1) is 30.2. The molecule has 1 aliphatic heterocycles. The minimum absolute atomic E-state index is 0.200. The van der Waals surface area contributed by atoms with Gasteiger partial charge in [0, 0.05) is 68.2 Å². The molecule has 5 aliphatic carbocycles. The summed E-state index contributed by atoms with van der Waals surface area (Å²) in [6, 6.07) is 28.4. The van der Waals surface area contributed by atoms with E-state index in [1.54, 1.807) is 5.57 Å². The van der Waals surface area contributed by atoms with Gasteiger partial charge >= 0.3 is 0 Å². The predicted molar refractivity (Wildman–Crippen MR) is 247 cm³/mol. The first-order valence-electron chi connectivity index (χ1n) is 22.9. The molecule has 6 heteroatoms. The van der Waals surface area contributed by atoms with Gasteiger partial charge in [0.25, 0.3) is 0 Å². The zero-order valence-corrected chi connectivity index (χ0v) is 34.7. The number of H-pyrrole nitrogens is 1. The van der Waals surface area contributed by atoms with E-state index < -0.39 is 0 Å². The van der Waals surface area contributed by atoms with Gasteiger partial charge in [0.2, 0.25) is 0 Å². The van der Waals surface area contributed by atoms with Crippen molar-refractivity contribution in [2.24, 2.45) is 5.92 Å². The first-order valence-corrected chi connectivity index (χ1v) is 22.9. The number of aromatic nitrogens is 5. The van der Waals surface area contributed by atoms with Crippen LogP contribution < -0.4 is 4.74 Å². The van der Waals surface area contributed by atoms with Crippen LogP contribution in [0.25, 0.3) is 56.6 Å². The Labute approximate surface area is 358 Å². The molecule has 3 aromatic heterocycles. The summed E-state index contributed by atoms with van der Waals surface area (Å²) in [5, 5.41) is 1.35. The highest BCUT2D eigenvalue weighted by Gasteiger charge is 2.38. The Kier molecular flexibility index (Phi) is 9.19. The molecule has 12 rings (SSSR count). The summed E-state index contributed by atoms with van der Waals surface area (Å²) < 4.78 is 9.64. The summed E-state index contributed by atoms with van der Waals surface area (Å²) in [5.41, 5.74) is 14.8. The zero-order chi connectivity index (χ0) is 40.3. The fourth-order valence-electron chi connectivity index (χ4n) is 11.1. The van der Waals surface area contributed by atoms with Crippen molar-refractivity contribution < 1.29 is 4.74 Å². The topological polar surface area (TPSA) is 68.6 Å². The zero-order valence-electron chi connectivity index (χ0n) is 34.7. The predicted octanol–water partition coefficient (Wildman–Crippen LogP) is 13.8. The lowest BCUT2D eigenvalue weighted by Crippen LogP contribution is -2.13. The average Bonchev–Trinajstić information content (AvgIpc) is 4.04. The Balaban J connectivity index is 1.02. The third-order valence-corrected chi connectivity index (χ3v) is 14.1. The molecule has 1 N–H and O–H groups in total. The number of benzene rings is 3. The summed E-state index contributed by atoms with van der Waals surface area (Å²) >= 11 is 0. The van der Waals surface area contributed by atoms with Crippen molar-refractivity contribution in [2.45, 2.75) is 95.3 Å². The molecule has 0 saturated heterocycles. The third kappa shape index (κ3) is 6.50. The molecule has 6 nitrogen and oxygen atoms in total. The maximum Gasteiger partial charge on any atom is 0.166 e. The molecule has 3 atom stereocenters. The average molecular weight is 798 g/mol. The highest BCUT2D eigenvalue weighted by Crippen LogP contribution is 2.53. The minimum atomic E-state index is 0.200. The highest BCUT2D eigenvalue weighted by atomic mass is 16.5. The lowest BCUT2D eigenvalue weighted by atomic mass is 9.78. The van der Waals surface area contributed by atoms with Crippen molar-refractivity contribution in [3.63, 3.8) is 0 Å². The van der Waals surface area contributed by atoms with Crippen molar-refractivity contribution in [3.05, 3.63) is 167 Å². The number of rotatable bonds is 7. The molecule has 0 spiro atoms. The molecule has 0 radical (unpaired) electrons. The van der Waals surface area contributed by atoms with E-state index in [-0.39, 0.29) is 5.92 Å². The van der Waals surface area contributed by atoms with Gasteiger partial charge in [-0.2, -0.15) is 0 Å². The van der Waals surface area contributed by atoms with Crippen LogP contribution in [0.2, 0.25) is 0 Å². The molecule has 0 fully saturated rings. The number of fused-ring (bicyclic) bond motifs is 6. The number of nitrogens with zero attached hydrogens (tertiary/aromatic N) is 4. The fourth-order valence-corrected chi connectivity index (χ4v) is 11.1. The van der Waals surface area contributed by atoms with Gasteiger partial charge in [-0.1, -0.05) is 96.6 Å². The van der Waals surface area contributed by atoms with Crippen molar-refractivity contribution in [1.29, 1.82) is 0 Å². The Hall–Kier alpha value is -6.27. The summed E-state index contributed by atoms with van der Waals surface area (Å²) in [5.74, 6) is 5.39. The molecule has 6 aromatic rings. The summed E-state index contributed by atoms with van der Waals surface area (Å²) in [6.45, 7) is 0. The summed E-state index contributed by atoms with van der Waals surface area (Å²) in [6.07, 6.45) is 33.0. The van der Waals surface area contributed by atoms with Crippen molar-refractivity contribution in [1.82, 2.24) is 24.5 Å². The van der Waals surface area contributed by atoms with Gasteiger partial charge in [0.05, 0.1) is 11.2 Å². The van der Waals surface area contributed by atoms with E-state index in [0.29, 0.717) is 17.7 Å². The quantitative estimate of drug-likeness (QED) is 0.163. The molecule has 0 saturated carbocycles. The third-order valence-electron chi connectivity index (χ3n) is 14.1. The van der Waals surface area contributed by atoms with Gasteiger partial charge in [0.15, 0.2) is 17.5 Å². The van der Waals surface area contributed by atoms with Gasteiger partial charge in [-0.05, 0) is 125 Å². The molecule has 6 aliphatic rings. The van der Waals surface area contributed by atoms with Crippen LogP contribution in [0, 0.1) is 5.92 Å². The van der Waals surface area contributed by atoms with Crippen LogP contribution in [0.4, 0.5) is 0 Å². The standard InChI is InChI=1S/C55H51N5O/c1-5-17-35(18-6-1)38-23-15-24-39(31-38)47-33-46(55-58-53(36-19-7-2-8-20-36)57-54(59-55)37-21-9-3-10-22-37)51(56-47)43-29-16-28-42-45-32-44-41-27-13-14-30-48(41)60(40-25-11-4-12-26-40)49(44)34-50(45)61-52(42)43/h2,4-5,7-9,11-12,14,17,19-23,25-26,30,32-35,39,42,56H,1,3,6,10,13,15-16,18,24,27-29,31H2. The molecule has 302 valence electrons. The van der Waals surface area contributed by atoms with Crippen molar-refractivity contribution in [2.75, 3.05) is 0 Å². The second-order valence-electron chi connectivity index (χ2n) is 17.8. The van der Waals surface area contributed by atoms with Gasteiger partial charge in [0.1, 0.15) is 11.5 Å². The van der Waals surface area contributed by atoms with Crippen LogP contribution in [-0.4, -0.2) is 24.5 Å². The Morgan fingerprint density at radius 1 is 0.705 bits per heavy atom. The highest BCUT2D eigenvalue weighted by molar-refractivity contribution is 5.93. The van der Waals surface area contributed by atoms with E-state index >= 15 is 0 Å². The smallest absolute Gasteiger partial charge is 0.166 e. The lowest BCUT2D eigenvalue weighted by Gasteiger charge is -2.28. The van der Waals surface area contributed by atoms with E-state index in [0.717, 1.165) is 110 Å². The van der Waals surface area contributed by atoms with E-state index in [1.165, 1.54) is 63.9 Å². The molecule has 3 unspecified atom stereocenters. The number of nitrogens with one attached hydrogen (secondary N) is 1. The monoisotopic (exact) mass is 797 g/mol.